The van der Waals surface area contributed by atoms with Crippen LogP contribution >= 0.6 is 11.6 Å². The summed E-state index contributed by atoms with van der Waals surface area (Å²) in [7, 11) is 0. The summed E-state index contributed by atoms with van der Waals surface area (Å²) >= 11 is 6.14. The normalized spacial score (nSPS) is 16.8. The van der Waals surface area contributed by atoms with Gasteiger partial charge in [-0.05, 0) is 30.2 Å². The van der Waals surface area contributed by atoms with E-state index in [4.69, 9.17) is 27.6 Å². The molecule has 1 heterocycles. The van der Waals surface area contributed by atoms with Gasteiger partial charge in [0.15, 0.2) is 0 Å². The number of benzene rings is 2. The number of rotatable bonds is 10. The molecule has 0 spiro atoms. The summed E-state index contributed by atoms with van der Waals surface area (Å²) in [5.41, 5.74) is 4.32. The van der Waals surface area contributed by atoms with Crippen molar-refractivity contribution >= 4 is 17.3 Å². The Morgan fingerprint density at radius 1 is 1.33 bits per heavy atom. The highest BCUT2D eigenvalue weighted by Crippen LogP contribution is 2.21. The number of aryl methyl sites for hydroxylation is 1. The lowest BCUT2D eigenvalue weighted by Gasteiger charge is -2.27. The summed E-state index contributed by atoms with van der Waals surface area (Å²) in [6.07, 6.45) is 5.18. The van der Waals surface area contributed by atoms with Gasteiger partial charge in [0.2, 0.25) is 0 Å². The summed E-state index contributed by atoms with van der Waals surface area (Å²) in [5.74, 6) is 2.41. The van der Waals surface area contributed by atoms with E-state index < -0.39 is 6.10 Å². The van der Waals surface area contributed by atoms with Gasteiger partial charge in [0.05, 0.1) is 18.4 Å². The average Bonchev–Trinajstić information content (AvgIpc) is 3.16. The van der Waals surface area contributed by atoms with Gasteiger partial charge in [0.1, 0.15) is 12.7 Å². The van der Waals surface area contributed by atoms with Crippen LogP contribution in [0, 0.1) is 19.3 Å². The summed E-state index contributed by atoms with van der Waals surface area (Å²) in [5, 5.41) is 15.4. The second-order valence-electron chi connectivity index (χ2n) is 7.48. The molecule has 3 rings (SSSR count). The molecule has 0 radical (unpaired) electrons. The lowest BCUT2D eigenvalue weighted by molar-refractivity contribution is 0.00419. The quantitative estimate of drug-likeness (QED) is 0.465. The zero-order chi connectivity index (χ0) is 21.3. The Bertz CT molecular complexity index is 909. The average molecular weight is 427 g/mol. The maximum Gasteiger partial charge on any atom is 0.145 e. The Labute approximate surface area is 183 Å². The van der Waals surface area contributed by atoms with Gasteiger partial charge in [-0.1, -0.05) is 59.1 Å². The topological polar surface area (TPSA) is 54.3 Å². The van der Waals surface area contributed by atoms with Crippen LogP contribution in [0.2, 0.25) is 5.02 Å². The second-order valence-corrected chi connectivity index (χ2v) is 7.92. The molecule has 6 heteroatoms. The molecule has 0 aliphatic carbocycles. The third-order valence-electron chi connectivity index (χ3n) is 4.91. The number of halogens is 1. The first-order valence-electron chi connectivity index (χ1n) is 10.00. The molecule has 0 unspecified atom stereocenters. The zero-order valence-electron chi connectivity index (χ0n) is 17.1. The lowest BCUT2D eigenvalue weighted by atomic mass is 10.00. The van der Waals surface area contributed by atoms with Gasteiger partial charge in [-0.25, -0.2) is 0 Å². The minimum atomic E-state index is -0.657. The largest absolute Gasteiger partial charge is 0.390 e. The highest BCUT2D eigenvalue weighted by molar-refractivity contribution is 6.30. The van der Waals surface area contributed by atoms with E-state index in [9.17, 15) is 5.11 Å². The molecule has 1 N–H and O–H groups in total. The molecule has 0 fully saturated rings. The van der Waals surface area contributed by atoms with Gasteiger partial charge in [-0.2, -0.15) is 0 Å². The third kappa shape index (κ3) is 6.58. The van der Waals surface area contributed by atoms with E-state index in [0.717, 1.165) is 23.3 Å². The van der Waals surface area contributed by atoms with E-state index in [1.165, 1.54) is 5.56 Å². The molecular weight excluding hydrogens is 400 g/mol. The molecule has 2 aromatic rings. The predicted octanol–water partition coefficient (Wildman–Crippen LogP) is 3.65. The summed E-state index contributed by atoms with van der Waals surface area (Å²) in [6.45, 7) is 4.13. The van der Waals surface area contributed by atoms with Crippen LogP contribution in [0.1, 0.15) is 23.1 Å². The van der Waals surface area contributed by atoms with Gasteiger partial charge < -0.3 is 14.7 Å². The minimum Gasteiger partial charge on any atom is -0.390 e. The Morgan fingerprint density at radius 3 is 2.93 bits per heavy atom. The SMILES string of the molecule is C#CCOC[C@@H](O)CN(Cc1cccc(Cl)c1)C[C@@H]1CC(c2ccccc2C)=NO1. The second kappa shape index (κ2) is 11.1. The molecule has 0 amide bonds. The van der Waals surface area contributed by atoms with Crippen LogP contribution in [-0.4, -0.2) is 54.2 Å². The fourth-order valence-corrected chi connectivity index (χ4v) is 3.78. The highest BCUT2D eigenvalue weighted by atomic mass is 35.5. The molecule has 0 saturated carbocycles. The zero-order valence-corrected chi connectivity index (χ0v) is 17.9. The van der Waals surface area contributed by atoms with Crippen molar-refractivity contribution in [2.75, 3.05) is 26.3 Å². The monoisotopic (exact) mass is 426 g/mol. The minimum absolute atomic E-state index is 0.0855. The van der Waals surface area contributed by atoms with Crippen molar-refractivity contribution in [3.63, 3.8) is 0 Å². The van der Waals surface area contributed by atoms with Gasteiger partial charge in [0, 0.05) is 36.6 Å². The third-order valence-corrected chi connectivity index (χ3v) is 5.15. The van der Waals surface area contributed by atoms with Crippen LogP contribution in [0.3, 0.4) is 0 Å². The van der Waals surface area contributed by atoms with Gasteiger partial charge in [-0.15, -0.1) is 6.42 Å². The van der Waals surface area contributed by atoms with Crippen LogP contribution in [0.15, 0.2) is 53.7 Å². The molecular formula is C24H27ClN2O3. The molecule has 2 aromatic carbocycles. The molecule has 2 atom stereocenters. The number of aliphatic hydroxyl groups excluding tert-OH is 1. The Hall–Kier alpha value is -2.36. The Morgan fingerprint density at radius 2 is 2.17 bits per heavy atom. The lowest BCUT2D eigenvalue weighted by Crippen LogP contribution is -2.39. The van der Waals surface area contributed by atoms with Gasteiger partial charge in [-0.3, -0.25) is 4.90 Å². The van der Waals surface area contributed by atoms with Gasteiger partial charge in [0.25, 0.3) is 0 Å². The van der Waals surface area contributed by atoms with Crippen molar-refractivity contribution in [2.24, 2.45) is 5.16 Å². The standard InChI is InChI=1S/C24H27ClN2O3/c1-3-11-29-17-21(28)15-27(14-19-8-6-9-20(25)12-19)16-22-13-24(26-30-22)23-10-5-4-7-18(23)2/h1,4-10,12,21-22,28H,11,13-17H2,2H3/t21-,22-/m0/s1. The van der Waals surface area contributed by atoms with Crippen LogP contribution < -0.4 is 0 Å². The molecule has 0 bridgehead atoms. The summed E-state index contributed by atoms with van der Waals surface area (Å²) in [6, 6.07) is 15.9. The van der Waals surface area contributed by atoms with Crippen molar-refractivity contribution in [3.8, 4) is 12.3 Å². The number of ether oxygens (including phenoxy) is 1. The molecule has 1 aliphatic heterocycles. The first-order chi connectivity index (χ1) is 14.5. The van der Waals surface area contributed by atoms with Crippen molar-refractivity contribution in [2.45, 2.75) is 32.1 Å². The van der Waals surface area contributed by atoms with E-state index in [2.05, 4.69) is 35.0 Å². The first kappa shape index (κ1) is 22.3. The van der Waals surface area contributed by atoms with Crippen molar-refractivity contribution in [1.82, 2.24) is 4.90 Å². The van der Waals surface area contributed by atoms with E-state index >= 15 is 0 Å². The number of aliphatic hydroxyl groups is 1. The van der Waals surface area contributed by atoms with Crippen molar-refractivity contribution in [3.05, 3.63) is 70.2 Å². The number of hydrogen-bond donors (Lipinski definition) is 1. The van der Waals surface area contributed by atoms with E-state index in [-0.39, 0.29) is 19.3 Å². The van der Waals surface area contributed by atoms with E-state index in [1.54, 1.807) is 0 Å². The fourth-order valence-electron chi connectivity index (χ4n) is 3.57. The van der Waals surface area contributed by atoms with Crippen molar-refractivity contribution in [1.29, 1.82) is 0 Å². The highest BCUT2D eigenvalue weighted by Gasteiger charge is 2.26. The van der Waals surface area contributed by atoms with Crippen LogP contribution in [-0.2, 0) is 16.1 Å². The Balaban J connectivity index is 1.63. The maximum absolute atomic E-state index is 10.4. The molecule has 30 heavy (non-hydrogen) atoms. The number of oxime groups is 1. The van der Waals surface area contributed by atoms with Crippen LogP contribution in [0.25, 0.3) is 0 Å². The van der Waals surface area contributed by atoms with Crippen LogP contribution in [0.5, 0.6) is 0 Å². The van der Waals surface area contributed by atoms with E-state index in [1.807, 2.05) is 36.4 Å². The fraction of sp³-hybridized carbons (Fsp3) is 0.375. The van der Waals surface area contributed by atoms with E-state index in [0.29, 0.717) is 24.7 Å². The van der Waals surface area contributed by atoms with Crippen molar-refractivity contribution < 1.29 is 14.7 Å². The maximum atomic E-state index is 10.4. The molecule has 5 nitrogen and oxygen atoms in total. The first-order valence-corrected chi connectivity index (χ1v) is 10.4. The summed E-state index contributed by atoms with van der Waals surface area (Å²) in [4.78, 5) is 7.86. The smallest absolute Gasteiger partial charge is 0.145 e. The number of nitrogens with zero attached hydrogens (tertiary/aromatic N) is 2. The molecule has 0 aromatic heterocycles. The predicted molar refractivity (Wildman–Crippen MR) is 120 cm³/mol. The summed E-state index contributed by atoms with van der Waals surface area (Å²) < 4.78 is 5.29. The molecule has 0 saturated heterocycles. The van der Waals surface area contributed by atoms with Gasteiger partial charge >= 0.3 is 0 Å². The number of terminal acetylenes is 1. The molecule has 1 aliphatic rings. The molecule has 158 valence electrons. The number of hydrogen-bond acceptors (Lipinski definition) is 5. The Kier molecular flexibility index (Phi) is 8.30. The van der Waals surface area contributed by atoms with Crippen LogP contribution in [0.4, 0.5) is 0 Å².